The molecule has 0 aliphatic carbocycles. The van der Waals surface area contributed by atoms with Gasteiger partial charge in [-0.3, -0.25) is 4.79 Å². The first-order valence-corrected chi connectivity index (χ1v) is 9.77. The lowest BCUT2D eigenvalue weighted by molar-refractivity contribution is -0.120. The van der Waals surface area contributed by atoms with Gasteiger partial charge in [0, 0.05) is 31.6 Å². The Morgan fingerprint density at radius 2 is 1.88 bits per heavy atom. The topological polar surface area (TPSA) is 78.8 Å². The van der Waals surface area contributed by atoms with Gasteiger partial charge in [-0.15, -0.1) is 4.40 Å². The molecule has 0 spiro atoms. The zero-order valence-corrected chi connectivity index (χ0v) is 15.3. The Morgan fingerprint density at radius 3 is 2.38 bits per heavy atom. The van der Waals surface area contributed by atoms with E-state index in [1.165, 1.54) is 12.1 Å². The monoisotopic (exact) mass is 351 g/mol. The zero-order valence-electron chi connectivity index (χ0n) is 14.4. The average molecular weight is 351 g/mol. The number of sulfonamides is 1. The molecule has 1 heterocycles. The lowest BCUT2D eigenvalue weighted by Crippen LogP contribution is -2.21. The third-order valence-corrected chi connectivity index (χ3v) is 5.66. The summed E-state index contributed by atoms with van der Waals surface area (Å²) < 4.78 is 28.7. The number of amides is 1. The molecular formula is C17H25N3O3S. The van der Waals surface area contributed by atoms with Crippen molar-refractivity contribution in [2.75, 3.05) is 18.9 Å². The minimum Gasteiger partial charge on any atom is -0.362 e. The summed E-state index contributed by atoms with van der Waals surface area (Å²) in [6.07, 6.45) is 3.16. The van der Waals surface area contributed by atoms with Crippen LogP contribution in [0.3, 0.4) is 0 Å². The summed E-state index contributed by atoms with van der Waals surface area (Å²) in [5.74, 6) is 0.530. The highest BCUT2D eigenvalue weighted by molar-refractivity contribution is 7.90. The van der Waals surface area contributed by atoms with E-state index in [2.05, 4.69) is 9.71 Å². The number of rotatable bonds is 6. The third kappa shape index (κ3) is 4.35. The van der Waals surface area contributed by atoms with Gasteiger partial charge in [-0.1, -0.05) is 13.8 Å². The average Bonchev–Trinajstić information content (AvgIpc) is 2.93. The lowest BCUT2D eigenvalue weighted by atomic mass is 10.0. The Morgan fingerprint density at radius 1 is 1.25 bits per heavy atom. The molecular weight excluding hydrogens is 326 g/mol. The molecule has 1 aliphatic rings. The van der Waals surface area contributed by atoms with Crippen molar-refractivity contribution in [1.29, 1.82) is 0 Å². The normalized spacial score (nSPS) is 16.8. The van der Waals surface area contributed by atoms with Gasteiger partial charge in [0.25, 0.3) is 10.0 Å². The molecule has 0 unspecified atom stereocenters. The highest BCUT2D eigenvalue weighted by atomic mass is 32.2. The molecule has 1 aromatic rings. The fourth-order valence-electron chi connectivity index (χ4n) is 2.72. The van der Waals surface area contributed by atoms with Crippen molar-refractivity contribution in [3.63, 3.8) is 0 Å². The third-order valence-electron chi connectivity index (χ3n) is 4.34. The number of nitrogens with one attached hydrogen (secondary N) is 1. The molecule has 1 aliphatic heterocycles. The first-order chi connectivity index (χ1) is 11.4. The van der Waals surface area contributed by atoms with Crippen molar-refractivity contribution in [3.05, 3.63) is 24.3 Å². The second-order valence-corrected chi connectivity index (χ2v) is 7.64. The van der Waals surface area contributed by atoms with Crippen molar-refractivity contribution < 1.29 is 13.2 Å². The maximum Gasteiger partial charge on any atom is 0.283 e. The second-order valence-electron chi connectivity index (χ2n) is 6.03. The molecule has 24 heavy (non-hydrogen) atoms. The van der Waals surface area contributed by atoms with Gasteiger partial charge < -0.3 is 10.2 Å². The molecule has 0 bridgehead atoms. The van der Waals surface area contributed by atoms with Crippen LogP contribution in [0.5, 0.6) is 0 Å². The maximum atomic E-state index is 12.4. The number of nitrogens with zero attached hydrogens (tertiary/aromatic N) is 2. The number of carbonyl (C=O) groups excluding carboxylic acids is 1. The van der Waals surface area contributed by atoms with Crippen LogP contribution in [0.15, 0.2) is 33.6 Å². The van der Waals surface area contributed by atoms with Crippen LogP contribution in [-0.4, -0.2) is 38.7 Å². The number of hydrogen-bond acceptors (Lipinski definition) is 3. The van der Waals surface area contributed by atoms with Gasteiger partial charge in [0.1, 0.15) is 5.84 Å². The number of carbonyl (C=O) groups is 1. The Kier molecular flexibility index (Phi) is 5.99. The quantitative estimate of drug-likeness (QED) is 0.855. The molecule has 7 heteroatoms. The molecule has 1 amide bonds. The van der Waals surface area contributed by atoms with Crippen LogP contribution in [0.25, 0.3) is 0 Å². The summed E-state index contributed by atoms with van der Waals surface area (Å²) in [5.41, 5.74) is 0.594. The van der Waals surface area contributed by atoms with Gasteiger partial charge in [-0.2, -0.15) is 8.42 Å². The molecule has 0 aromatic heterocycles. The van der Waals surface area contributed by atoms with E-state index in [0.29, 0.717) is 17.9 Å². The van der Waals surface area contributed by atoms with Crippen molar-refractivity contribution in [1.82, 2.24) is 4.90 Å². The van der Waals surface area contributed by atoms with Gasteiger partial charge in [0.15, 0.2) is 0 Å². The van der Waals surface area contributed by atoms with E-state index in [4.69, 9.17) is 0 Å². The van der Waals surface area contributed by atoms with Gasteiger partial charge in [-0.05, 0) is 43.5 Å². The first kappa shape index (κ1) is 18.4. The number of amidine groups is 1. The lowest BCUT2D eigenvalue weighted by Gasteiger charge is -2.13. The molecule has 1 aromatic carbocycles. The van der Waals surface area contributed by atoms with Gasteiger partial charge in [0.05, 0.1) is 4.90 Å². The van der Waals surface area contributed by atoms with E-state index in [-0.39, 0.29) is 16.7 Å². The van der Waals surface area contributed by atoms with Crippen molar-refractivity contribution in [2.24, 2.45) is 10.3 Å². The van der Waals surface area contributed by atoms with Crippen LogP contribution in [0.1, 0.15) is 39.5 Å². The number of anilines is 1. The van der Waals surface area contributed by atoms with Crippen LogP contribution in [0.2, 0.25) is 0 Å². The van der Waals surface area contributed by atoms with Gasteiger partial charge >= 0.3 is 0 Å². The standard InChI is InChI=1S/C17H25N3O3S/c1-4-13(5-2)17(21)18-14-8-10-15(11-9-14)24(22,23)19-16-7-6-12-20(16)3/h8-11,13H,4-7,12H2,1-3H3,(H,18,21)/b19-16-. The van der Waals surface area contributed by atoms with Crippen LogP contribution in [-0.2, 0) is 14.8 Å². The smallest absolute Gasteiger partial charge is 0.283 e. The maximum absolute atomic E-state index is 12.4. The molecule has 0 atom stereocenters. The molecule has 1 saturated heterocycles. The molecule has 0 saturated carbocycles. The summed E-state index contributed by atoms with van der Waals surface area (Å²) >= 11 is 0. The fourth-order valence-corrected chi connectivity index (χ4v) is 3.81. The molecule has 0 radical (unpaired) electrons. The Bertz CT molecular complexity index is 707. The predicted octanol–water partition coefficient (Wildman–Crippen LogP) is 2.87. The van der Waals surface area contributed by atoms with E-state index in [1.54, 1.807) is 12.1 Å². The van der Waals surface area contributed by atoms with Crippen LogP contribution in [0, 0.1) is 5.92 Å². The predicted molar refractivity (Wildman–Crippen MR) is 95.6 cm³/mol. The van der Waals surface area contributed by atoms with Crippen molar-refractivity contribution >= 4 is 27.5 Å². The number of hydrogen-bond donors (Lipinski definition) is 1. The van der Waals surface area contributed by atoms with Crippen LogP contribution in [0.4, 0.5) is 5.69 Å². The Balaban J connectivity index is 2.13. The van der Waals surface area contributed by atoms with E-state index < -0.39 is 10.0 Å². The minimum absolute atomic E-state index is 0.0299. The summed E-state index contributed by atoms with van der Waals surface area (Å²) in [7, 11) is -1.87. The Labute approximate surface area is 144 Å². The molecule has 6 nitrogen and oxygen atoms in total. The molecule has 2 rings (SSSR count). The Hall–Kier alpha value is -1.89. The molecule has 1 fully saturated rings. The molecule has 1 N–H and O–H groups in total. The fraction of sp³-hybridized carbons (Fsp3) is 0.529. The van der Waals surface area contributed by atoms with Gasteiger partial charge in [0.2, 0.25) is 5.91 Å². The summed E-state index contributed by atoms with van der Waals surface area (Å²) in [5, 5.41) is 2.82. The zero-order chi connectivity index (χ0) is 17.7. The second kappa shape index (κ2) is 7.79. The summed E-state index contributed by atoms with van der Waals surface area (Å²) in [6, 6.07) is 6.17. The largest absolute Gasteiger partial charge is 0.362 e. The van der Waals surface area contributed by atoms with E-state index >= 15 is 0 Å². The van der Waals surface area contributed by atoms with Crippen LogP contribution < -0.4 is 5.32 Å². The number of likely N-dealkylation sites (tertiary alicyclic amines) is 1. The van der Waals surface area contributed by atoms with Crippen molar-refractivity contribution in [2.45, 2.75) is 44.4 Å². The van der Waals surface area contributed by atoms with E-state index in [9.17, 15) is 13.2 Å². The summed E-state index contributed by atoms with van der Waals surface area (Å²) in [4.78, 5) is 14.1. The van der Waals surface area contributed by atoms with Crippen LogP contribution >= 0.6 is 0 Å². The highest BCUT2D eigenvalue weighted by Gasteiger charge is 2.20. The number of benzene rings is 1. The first-order valence-electron chi connectivity index (χ1n) is 8.33. The molecule has 132 valence electrons. The van der Waals surface area contributed by atoms with Crippen molar-refractivity contribution in [3.8, 4) is 0 Å². The van der Waals surface area contributed by atoms with E-state index in [0.717, 1.165) is 25.8 Å². The van der Waals surface area contributed by atoms with Gasteiger partial charge in [-0.25, -0.2) is 0 Å². The highest BCUT2D eigenvalue weighted by Crippen LogP contribution is 2.20. The summed E-state index contributed by atoms with van der Waals surface area (Å²) in [6.45, 7) is 4.78. The van der Waals surface area contributed by atoms with E-state index in [1.807, 2.05) is 25.8 Å². The minimum atomic E-state index is -3.71. The SMILES string of the molecule is CCC(CC)C(=O)Nc1ccc(S(=O)(=O)/N=C2/CCCN2C)cc1.